The highest BCUT2D eigenvalue weighted by Gasteiger charge is 2.46. The largest absolute Gasteiger partial charge is 0.481 e. The Morgan fingerprint density at radius 2 is 1.24 bits per heavy atom. The van der Waals surface area contributed by atoms with E-state index in [0.29, 0.717) is 15.5 Å². The number of carbonyl (C=O) groups excluding carboxylic acids is 12. The van der Waals surface area contributed by atoms with Crippen LogP contribution in [0.15, 0.2) is 47.8 Å². The van der Waals surface area contributed by atoms with Crippen molar-refractivity contribution in [1.29, 1.82) is 0 Å². The third-order valence-corrected chi connectivity index (χ3v) is 18.8. The molecule has 1 fully saturated rings. The smallest absolute Gasteiger partial charge is 0.305 e. The molecule has 1 aromatic heterocycles. The number of nitrogens with zero attached hydrogens (tertiary/aromatic N) is 3. The van der Waals surface area contributed by atoms with E-state index < -0.39 is 206 Å². The molecule has 0 bridgehead atoms. The van der Waals surface area contributed by atoms with Crippen LogP contribution in [-0.4, -0.2) is 204 Å². The third kappa shape index (κ3) is 26.0. The molecule has 33 nitrogen and oxygen atoms in total. The van der Waals surface area contributed by atoms with Crippen LogP contribution in [0.3, 0.4) is 0 Å². The molecule has 0 spiro atoms. The number of aliphatic carboxylic acids is 2. The fraction of sp³-hybridized carbons (Fsp3) is 0.636. The lowest BCUT2D eigenvalue weighted by molar-refractivity contribution is -0.157. The molecule has 15 atom stereocenters. The summed E-state index contributed by atoms with van der Waals surface area (Å²) < 4.78 is 0. The van der Waals surface area contributed by atoms with E-state index in [4.69, 9.17) is 22.9 Å². The number of aromatic nitrogens is 2. The van der Waals surface area contributed by atoms with Crippen LogP contribution in [-0.2, 0) is 80.0 Å². The summed E-state index contributed by atoms with van der Waals surface area (Å²) >= 11 is 1.31. The van der Waals surface area contributed by atoms with Gasteiger partial charge in [0.1, 0.15) is 66.5 Å². The number of primary amides is 1. The van der Waals surface area contributed by atoms with Crippen LogP contribution >= 0.6 is 11.8 Å². The number of hydrogen-bond donors (Lipinski definition) is 16. The maximum absolute atomic E-state index is 16.1. The lowest BCUT2D eigenvalue weighted by atomic mass is 9.94. The fourth-order valence-corrected chi connectivity index (χ4v) is 12.3. The summed E-state index contributed by atoms with van der Waals surface area (Å²) in [6, 6.07) is -10.9. The van der Waals surface area contributed by atoms with Crippen LogP contribution in [0.4, 0.5) is 0 Å². The van der Waals surface area contributed by atoms with Crippen LogP contribution in [0.5, 0.6) is 0 Å². The van der Waals surface area contributed by atoms with Crippen molar-refractivity contribution in [2.75, 3.05) is 18.8 Å². The average molecular weight is 1420 g/mol. The molecule has 20 N–H and O–H groups in total. The Labute approximate surface area is 586 Å². The topological polar surface area (TPSA) is 536 Å². The molecule has 34 heteroatoms. The van der Waals surface area contributed by atoms with E-state index in [-0.39, 0.29) is 87.7 Å². The molecule has 2 aliphatic rings. The van der Waals surface area contributed by atoms with Gasteiger partial charge >= 0.3 is 11.9 Å². The van der Waals surface area contributed by atoms with Gasteiger partial charge in [-0.25, -0.2) is 4.98 Å². The van der Waals surface area contributed by atoms with Crippen molar-refractivity contribution >= 4 is 99.6 Å². The summed E-state index contributed by atoms with van der Waals surface area (Å²) in [7, 11) is 0. The predicted octanol–water partition coefficient (Wildman–Crippen LogP) is -1.60. The number of aliphatic imine (C=N–C) groups is 1. The van der Waals surface area contributed by atoms with Gasteiger partial charge < -0.3 is 86.0 Å². The van der Waals surface area contributed by atoms with Gasteiger partial charge in [-0.1, -0.05) is 105 Å². The molecule has 3 unspecified atom stereocenters. The molecule has 554 valence electrons. The summed E-state index contributed by atoms with van der Waals surface area (Å²) in [5.74, 6) is -18.6. The fourth-order valence-electron chi connectivity index (χ4n) is 11.1. The number of benzene rings is 1. The minimum absolute atomic E-state index is 0.00239. The molecule has 100 heavy (non-hydrogen) atoms. The average Bonchev–Trinajstić information content (AvgIpc) is 1.18. The van der Waals surface area contributed by atoms with E-state index in [9.17, 15) is 63.0 Å². The summed E-state index contributed by atoms with van der Waals surface area (Å²) in [4.78, 5) is 215. The van der Waals surface area contributed by atoms with Crippen LogP contribution in [0.1, 0.15) is 150 Å². The highest BCUT2D eigenvalue weighted by atomic mass is 32.2. The minimum Gasteiger partial charge on any atom is -0.481 e. The van der Waals surface area contributed by atoms with E-state index in [0.717, 1.165) is 6.42 Å². The Hall–Kier alpha value is -8.89. The van der Waals surface area contributed by atoms with Gasteiger partial charge in [0, 0.05) is 36.9 Å². The molecule has 1 saturated heterocycles. The second-order valence-corrected chi connectivity index (χ2v) is 27.0. The van der Waals surface area contributed by atoms with Crippen molar-refractivity contribution in [3.05, 3.63) is 54.1 Å². The Balaban J connectivity index is 1.99. The van der Waals surface area contributed by atoms with Crippen molar-refractivity contribution in [2.24, 2.45) is 51.6 Å². The Morgan fingerprint density at radius 3 is 1.82 bits per heavy atom. The molecule has 2 aromatic rings. The van der Waals surface area contributed by atoms with Crippen LogP contribution in [0, 0.1) is 23.7 Å². The summed E-state index contributed by atoms with van der Waals surface area (Å²) in [5, 5.41) is 43.8. The summed E-state index contributed by atoms with van der Waals surface area (Å²) in [6.07, 6.45) is -1.36. The molecule has 2 aliphatic heterocycles. The molecular formula is C66H103N17O16S. The second kappa shape index (κ2) is 41.6. The number of imide groups is 1. The van der Waals surface area contributed by atoms with Gasteiger partial charge in [0.25, 0.3) is 11.8 Å². The molecular weight excluding hydrogens is 1320 g/mol. The molecule has 12 amide bonds. The lowest BCUT2D eigenvalue weighted by Crippen LogP contribution is -2.66. The monoisotopic (exact) mass is 1420 g/mol. The zero-order chi connectivity index (χ0) is 74.5. The van der Waals surface area contributed by atoms with Crippen molar-refractivity contribution in [2.45, 2.75) is 224 Å². The number of thioether (sulfide) groups is 1. The first-order chi connectivity index (χ1) is 47.4. The van der Waals surface area contributed by atoms with Crippen LogP contribution < -0.4 is 70.8 Å². The maximum Gasteiger partial charge on any atom is 0.305 e. The molecule has 1 aromatic carbocycles. The van der Waals surface area contributed by atoms with E-state index in [2.05, 4.69) is 62.8 Å². The van der Waals surface area contributed by atoms with Crippen molar-refractivity contribution in [3.63, 3.8) is 0 Å². The first-order valence-corrected chi connectivity index (χ1v) is 35.1. The summed E-state index contributed by atoms with van der Waals surface area (Å²) in [5.41, 5.74) is 24.9. The SMILES string of the molecule is CCC(C)C(N)C1=NC(C(=O)N[C@@H](CC(C)C)C(=O)N[C@H](CCC(=O)O)C(=O)N[C@H](C(=O)N2C(=O)[C@H](CC(N)=O)NC(=O)[C@@H](CC(=O)O)NC(=O)[C@H](Cc3cnc[nH]3)NC(=O)[C@@H](Cc3ccccc3)NC(=O)[C@H]([C@@H](C)CC)NC(=O)[C@@H](CCCN)NC(=O)[C@@H]2CCCCN)[C@@H](C)CC)CS1. The lowest BCUT2D eigenvalue weighted by Gasteiger charge is -2.37. The van der Waals surface area contributed by atoms with Gasteiger partial charge in [-0.3, -0.25) is 77.0 Å². The zero-order valence-electron chi connectivity index (χ0n) is 58.2. The number of carbonyl (C=O) groups is 14. The number of carboxylic acids is 2. The van der Waals surface area contributed by atoms with Gasteiger partial charge in [0.05, 0.1) is 30.3 Å². The number of carboxylic acid groups (broad SMARTS) is 2. The normalized spacial score (nSPS) is 22.8. The number of nitrogens with two attached hydrogens (primary N) is 4. The quantitative estimate of drug-likeness (QED) is 0.0351. The highest BCUT2D eigenvalue weighted by Crippen LogP contribution is 2.25. The number of imidazole rings is 1. The first-order valence-electron chi connectivity index (χ1n) is 34.1. The van der Waals surface area contributed by atoms with E-state index in [1.54, 1.807) is 65.0 Å². The Bertz CT molecular complexity index is 3180. The summed E-state index contributed by atoms with van der Waals surface area (Å²) in [6.45, 7) is 13.8. The number of amides is 12. The molecule has 0 radical (unpaired) electrons. The van der Waals surface area contributed by atoms with Gasteiger partial charge in [-0.15, -0.1) is 11.8 Å². The van der Waals surface area contributed by atoms with E-state index >= 15 is 14.4 Å². The Kier molecular flexibility index (Phi) is 34.8. The number of aromatic amines is 1. The first kappa shape index (κ1) is 83.5. The number of hydrogen-bond acceptors (Lipinski definition) is 20. The van der Waals surface area contributed by atoms with Gasteiger partial charge in [0.15, 0.2) is 0 Å². The van der Waals surface area contributed by atoms with Gasteiger partial charge in [-0.2, -0.15) is 0 Å². The van der Waals surface area contributed by atoms with E-state index in [1.807, 2.05) is 13.8 Å². The van der Waals surface area contributed by atoms with Crippen LogP contribution in [0.2, 0.25) is 0 Å². The molecule has 4 rings (SSSR count). The number of H-pyrrole nitrogens is 1. The number of unbranched alkanes of at least 4 members (excludes halogenated alkanes) is 1. The minimum atomic E-state index is -2.33. The highest BCUT2D eigenvalue weighted by molar-refractivity contribution is 8.14. The van der Waals surface area contributed by atoms with Gasteiger partial charge in [-0.05, 0) is 87.3 Å². The second-order valence-electron chi connectivity index (χ2n) is 26.0. The van der Waals surface area contributed by atoms with Crippen molar-refractivity contribution in [3.8, 4) is 0 Å². The standard InChI is InChI=1S/C66H103N17O16S/c1-9-35(6)52(70)64-80-47(32-100-64)61(95)75-42(26-34(4)5)57(91)73-41(22-23-50(85)86)56(90)82-54(37(8)11-3)66(99)83-48(21-15-16-24-67)62(96)74-40(20-17-25-68)55(89)81-53(36(7)10-2)63(97)78-43(27-38-18-13-12-14-19-38)58(92)76-44(28-39-31-71-33-72-39)59(93)77-45(30-51(87)88)60(94)79-46(65(83)98)29-49(69)84/h12-14,18-19,31,33-37,40-48,52-54H,9-11,15-17,20-30,32,67-68,70H2,1-8H3,(H2,69,84)(H,71,72)(H,73,91)(H,74,96)(H,75,95)(H,76,92)(H,77,93)(H,78,97)(H,79,94)(H,81,89)(H,82,90)(H,85,86)(H,87,88)/t35?,36-,37-,40+,41+,42-,43+,44-,45+,46-,47?,48-,52?,53-,54-/m0/s1. The molecule has 3 heterocycles. The van der Waals surface area contributed by atoms with Crippen molar-refractivity contribution < 1.29 is 77.3 Å². The number of rotatable bonds is 34. The molecule has 0 saturated carbocycles. The van der Waals surface area contributed by atoms with Crippen molar-refractivity contribution in [1.82, 2.24) is 62.7 Å². The predicted molar refractivity (Wildman–Crippen MR) is 369 cm³/mol. The molecule has 0 aliphatic carbocycles. The third-order valence-electron chi connectivity index (χ3n) is 17.6. The van der Waals surface area contributed by atoms with Gasteiger partial charge in [0.2, 0.25) is 59.1 Å². The maximum atomic E-state index is 16.1. The van der Waals surface area contributed by atoms with E-state index in [1.165, 1.54) is 31.2 Å². The zero-order valence-corrected chi connectivity index (χ0v) is 59.0. The Morgan fingerprint density at radius 1 is 0.650 bits per heavy atom. The number of nitrogens with one attached hydrogen (secondary N) is 10. The van der Waals surface area contributed by atoms with Crippen LogP contribution in [0.25, 0.3) is 0 Å².